The molecule has 6 nitrogen and oxygen atoms in total. The second kappa shape index (κ2) is 11.5. The number of hydrogen-bond acceptors (Lipinski definition) is 5. The summed E-state index contributed by atoms with van der Waals surface area (Å²) in [6, 6.07) is 5.08. The van der Waals surface area contributed by atoms with E-state index in [0.717, 1.165) is 19.4 Å². The van der Waals surface area contributed by atoms with Crippen molar-refractivity contribution in [3.63, 3.8) is 0 Å². The highest BCUT2D eigenvalue weighted by atomic mass is 35.5. The molecule has 124 valence electrons. The lowest BCUT2D eigenvalue weighted by Crippen LogP contribution is -2.26. The van der Waals surface area contributed by atoms with Gasteiger partial charge in [-0.25, -0.2) is 4.98 Å². The minimum absolute atomic E-state index is 0.0290. The second-order valence-corrected chi connectivity index (χ2v) is 5.19. The maximum atomic E-state index is 11.9. The van der Waals surface area contributed by atoms with Crippen molar-refractivity contribution in [3.8, 4) is 6.07 Å². The van der Waals surface area contributed by atoms with Crippen molar-refractivity contribution < 1.29 is 9.53 Å². The molecule has 1 rings (SSSR count). The van der Waals surface area contributed by atoms with E-state index in [4.69, 9.17) is 21.6 Å². The summed E-state index contributed by atoms with van der Waals surface area (Å²) in [5.41, 5.74) is -0.0290. The van der Waals surface area contributed by atoms with Gasteiger partial charge in [0, 0.05) is 37.2 Å². The van der Waals surface area contributed by atoms with Crippen LogP contribution in [0, 0.1) is 11.3 Å². The predicted octanol–water partition coefficient (Wildman–Crippen LogP) is 2.88. The molecule has 1 aromatic rings. The molecule has 0 saturated heterocycles. The Morgan fingerprint density at radius 1 is 1.48 bits per heavy atom. The molecule has 7 heteroatoms. The van der Waals surface area contributed by atoms with Crippen LogP contribution in [0.25, 0.3) is 0 Å². The lowest BCUT2D eigenvalue weighted by Gasteiger charge is -2.06. The van der Waals surface area contributed by atoms with E-state index in [2.05, 4.69) is 22.5 Å². The molecule has 0 fully saturated rings. The zero-order chi connectivity index (χ0) is 16.9. The number of ether oxygens (including phenoxy) is 1. The van der Waals surface area contributed by atoms with Gasteiger partial charge in [0.25, 0.3) is 5.91 Å². The highest BCUT2D eigenvalue weighted by Crippen LogP contribution is 2.11. The van der Waals surface area contributed by atoms with Crippen LogP contribution in [0.5, 0.6) is 0 Å². The van der Waals surface area contributed by atoms with Crippen LogP contribution >= 0.6 is 11.6 Å². The largest absolute Gasteiger partial charge is 0.381 e. The van der Waals surface area contributed by atoms with Crippen molar-refractivity contribution in [1.29, 1.82) is 5.26 Å². The van der Waals surface area contributed by atoms with E-state index in [-0.39, 0.29) is 5.57 Å². The molecular formula is C16H21ClN4O2. The predicted molar refractivity (Wildman–Crippen MR) is 89.9 cm³/mol. The van der Waals surface area contributed by atoms with Crippen LogP contribution in [0.3, 0.4) is 0 Å². The van der Waals surface area contributed by atoms with E-state index in [0.29, 0.717) is 30.4 Å². The van der Waals surface area contributed by atoms with Gasteiger partial charge in [-0.15, -0.1) is 0 Å². The fourth-order valence-corrected chi connectivity index (χ4v) is 1.76. The fraction of sp³-hybridized carbons (Fsp3) is 0.438. The molecule has 0 aromatic carbocycles. The lowest BCUT2D eigenvalue weighted by atomic mass is 10.3. The van der Waals surface area contributed by atoms with Crippen LogP contribution < -0.4 is 10.6 Å². The number of carbonyl (C=O) groups excluding carboxylic acids is 1. The molecular weight excluding hydrogens is 316 g/mol. The first-order chi connectivity index (χ1) is 11.2. The number of nitriles is 1. The number of unbranched alkanes of at least 4 members (excludes halogenated alkanes) is 1. The van der Waals surface area contributed by atoms with Gasteiger partial charge in [-0.3, -0.25) is 4.79 Å². The third-order valence-electron chi connectivity index (χ3n) is 2.84. The van der Waals surface area contributed by atoms with Gasteiger partial charge >= 0.3 is 0 Å². The van der Waals surface area contributed by atoms with E-state index >= 15 is 0 Å². The number of carbonyl (C=O) groups is 1. The van der Waals surface area contributed by atoms with Gasteiger partial charge in [0.1, 0.15) is 17.5 Å². The molecule has 0 unspecified atom stereocenters. The number of anilines is 1. The van der Waals surface area contributed by atoms with Gasteiger partial charge in [0.2, 0.25) is 0 Å². The van der Waals surface area contributed by atoms with Crippen molar-refractivity contribution in [1.82, 2.24) is 10.3 Å². The number of rotatable bonds is 10. The van der Waals surface area contributed by atoms with E-state index in [1.165, 1.54) is 12.4 Å². The Bertz CT molecular complexity index is 569. The van der Waals surface area contributed by atoms with Gasteiger partial charge in [0.15, 0.2) is 0 Å². The molecule has 1 amide bonds. The summed E-state index contributed by atoms with van der Waals surface area (Å²) in [5.74, 6) is 0.0259. The normalized spacial score (nSPS) is 10.9. The van der Waals surface area contributed by atoms with Gasteiger partial charge < -0.3 is 15.4 Å². The van der Waals surface area contributed by atoms with Crippen LogP contribution in [0.4, 0.5) is 5.82 Å². The summed E-state index contributed by atoms with van der Waals surface area (Å²) >= 11 is 5.83. The molecule has 23 heavy (non-hydrogen) atoms. The maximum absolute atomic E-state index is 11.9. The Kier molecular flexibility index (Phi) is 9.45. The number of nitrogens with zero attached hydrogens (tertiary/aromatic N) is 2. The Balaban J connectivity index is 2.34. The lowest BCUT2D eigenvalue weighted by molar-refractivity contribution is -0.117. The molecule has 0 atom stereocenters. The second-order valence-electron chi connectivity index (χ2n) is 4.75. The average Bonchev–Trinajstić information content (AvgIpc) is 2.54. The first kappa shape index (κ1) is 18.9. The van der Waals surface area contributed by atoms with Crippen molar-refractivity contribution in [3.05, 3.63) is 35.1 Å². The first-order valence-corrected chi connectivity index (χ1v) is 7.89. The van der Waals surface area contributed by atoms with Crippen LogP contribution in [0.15, 0.2) is 30.1 Å². The number of pyridine rings is 1. The number of hydrogen-bond donors (Lipinski definition) is 2. The van der Waals surface area contributed by atoms with E-state index in [1.807, 2.05) is 6.07 Å². The summed E-state index contributed by atoms with van der Waals surface area (Å²) in [4.78, 5) is 15.9. The topological polar surface area (TPSA) is 87.0 Å². The molecule has 1 heterocycles. The van der Waals surface area contributed by atoms with Crippen LogP contribution in [-0.4, -0.2) is 30.6 Å². The third kappa shape index (κ3) is 8.19. The number of amides is 1. The van der Waals surface area contributed by atoms with Crippen molar-refractivity contribution >= 4 is 23.3 Å². The number of aromatic nitrogens is 1. The van der Waals surface area contributed by atoms with Crippen molar-refractivity contribution in [2.24, 2.45) is 0 Å². The Hall–Kier alpha value is -2.10. The van der Waals surface area contributed by atoms with Gasteiger partial charge in [-0.05, 0) is 25.0 Å². The van der Waals surface area contributed by atoms with Crippen LogP contribution in [0.2, 0.25) is 5.02 Å². The summed E-state index contributed by atoms with van der Waals surface area (Å²) in [6.07, 6.45) is 5.69. The summed E-state index contributed by atoms with van der Waals surface area (Å²) < 4.78 is 5.40. The smallest absolute Gasteiger partial charge is 0.263 e. The highest BCUT2D eigenvalue weighted by Gasteiger charge is 2.08. The molecule has 0 aliphatic carbocycles. The molecule has 0 aliphatic rings. The molecule has 1 aromatic heterocycles. The fourth-order valence-electron chi connectivity index (χ4n) is 1.60. The molecule has 0 aliphatic heterocycles. The molecule has 0 spiro atoms. The minimum atomic E-state index is -0.435. The summed E-state index contributed by atoms with van der Waals surface area (Å²) in [5, 5.41) is 15.0. The standard InChI is InChI=1S/C16H21ClN4O2/c1-2-3-8-23-9-4-6-20-16(22)13(11-18)12-21-15-10-14(17)5-7-19-15/h5,7,10,12H,2-4,6,8-9H2,1H3,(H,19,21)(H,20,22)/b13-12-. The third-order valence-corrected chi connectivity index (χ3v) is 3.08. The monoisotopic (exact) mass is 336 g/mol. The van der Waals surface area contributed by atoms with Gasteiger partial charge in [-0.2, -0.15) is 5.26 Å². The average molecular weight is 337 g/mol. The first-order valence-electron chi connectivity index (χ1n) is 7.51. The van der Waals surface area contributed by atoms with Crippen molar-refractivity contribution in [2.45, 2.75) is 26.2 Å². The van der Waals surface area contributed by atoms with Crippen molar-refractivity contribution in [2.75, 3.05) is 25.1 Å². The molecule has 0 bridgehead atoms. The zero-order valence-electron chi connectivity index (χ0n) is 13.1. The SMILES string of the molecule is CCCCOCCCNC(=O)/C(C#N)=C\Nc1cc(Cl)ccn1. The quantitative estimate of drug-likeness (QED) is 0.390. The highest BCUT2D eigenvalue weighted by molar-refractivity contribution is 6.30. The Labute approximate surface area is 141 Å². The van der Waals surface area contributed by atoms with Gasteiger partial charge in [0.05, 0.1) is 0 Å². The van der Waals surface area contributed by atoms with E-state index < -0.39 is 5.91 Å². The minimum Gasteiger partial charge on any atom is -0.381 e. The molecule has 0 saturated carbocycles. The Morgan fingerprint density at radius 2 is 2.26 bits per heavy atom. The van der Waals surface area contributed by atoms with Gasteiger partial charge in [-0.1, -0.05) is 24.9 Å². The Morgan fingerprint density at radius 3 is 2.96 bits per heavy atom. The van der Waals surface area contributed by atoms with Crippen LogP contribution in [-0.2, 0) is 9.53 Å². The van der Waals surface area contributed by atoms with E-state index in [1.54, 1.807) is 12.1 Å². The molecule has 0 radical (unpaired) electrons. The molecule has 2 N–H and O–H groups in total. The number of halogens is 1. The van der Waals surface area contributed by atoms with Crippen LogP contribution in [0.1, 0.15) is 26.2 Å². The zero-order valence-corrected chi connectivity index (χ0v) is 13.9. The van der Waals surface area contributed by atoms with E-state index in [9.17, 15) is 4.79 Å². The summed E-state index contributed by atoms with van der Waals surface area (Å²) in [6.45, 7) is 3.90. The maximum Gasteiger partial charge on any atom is 0.263 e. The number of nitrogens with one attached hydrogen (secondary N) is 2. The summed E-state index contributed by atoms with van der Waals surface area (Å²) in [7, 11) is 0.